The van der Waals surface area contributed by atoms with E-state index in [2.05, 4.69) is 4.72 Å². The molecule has 0 aliphatic carbocycles. The van der Waals surface area contributed by atoms with Crippen molar-refractivity contribution in [1.82, 2.24) is 0 Å². The molecule has 0 spiro atoms. The Labute approximate surface area is 150 Å². The maximum Gasteiger partial charge on any atom is 0.261 e. The van der Waals surface area contributed by atoms with Gasteiger partial charge >= 0.3 is 0 Å². The van der Waals surface area contributed by atoms with E-state index in [1.165, 1.54) is 24.3 Å². The first-order valence-corrected chi connectivity index (χ1v) is 9.38. The lowest BCUT2D eigenvalue weighted by molar-refractivity contribution is -0.118. The van der Waals surface area contributed by atoms with Gasteiger partial charge in [0.15, 0.2) is 0 Å². The molecule has 1 amide bonds. The Morgan fingerprint density at radius 3 is 2.38 bits per heavy atom. The topological polar surface area (TPSA) is 66.5 Å². The van der Waals surface area contributed by atoms with Gasteiger partial charge in [-0.3, -0.25) is 9.52 Å². The molecule has 0 bridgehead atoms. The third kappa shape index (κ3) is 3.36. The van der Waals surface area contributed by atoms with Gasteiger partial charge in [0.05, 0.1) is 10.6 Å². The van der Waals surface area contributed by atoms with Crippen molar-refractivity contribution in [3.05, 3.63) is 52.0 Å². The molecule has 1 heterocycles. The zero-order valence-electron chi connectivity index (χ0n) is 12.7. The predicted octanol–water partition coefficient (Wildman–Crippen LogP) is 3.70. The van der Waals surface area contributed by atoms with E-state index in [1.807, 2.05) is 0 Å². The molecule has 0 saturated carbocycles. The first kappa shape index (κ1) is 17.1. The van der Waals surface area contributed by atoms with E-state index >= 15 is 0 Å². The lowest BCUT2D eigenvalue weighted by atomic mass is 10.0. The minimum atomic E-state index is -3.78. The van der Waals surface area contributed by atoms with E-state index in [-0.39, 0.29) is 16.5 Å². The van der Waals surface area contributed by atoms with Crippen LogP contribution in [0.3, 0.4) is 0 Å². The minimum Gasteiger partial charge on any atom is -0.315 e. The Balaban J connectivity index is 1.94. The number of nitrogens with zero attached hydrogens (tertiary/aromatic N) is 1. The Bertz CT molecular complexity index is 909. The summed E-state index contributed by atoms with van der Waals surface area (Å²) in [5.41, 5.74) is 1.85. The summed E-state index contributed by atoms with van der Waals surface area (Å²) in [6.07, 6.45) is 0.884. The van der Waals surface area contributed by atoms with E-state index in [0.29, 0.717) is 22.9 Å². The maximum absolute atomic E-state index is 12.6. The zero-order chi connectivity index (χ0) is 17.5. The van der Waals surface area contributed by atoms with Crippen LogP contribution in [0.1, 0.15) is 12.0 Å². The van der Waals surface area contributed by atoms with Crippen LogP contribution in [0.5, 0.6) is 0 Å². The molecule has 0 aromatic heterocycles. The predicted molar refractivity (Wildman–Crippen MR) is 95.4 cm³/mol. The Kier molecular flexibility index (Phi) is 4.46. The van der Waals surface area contributed by atoms with Gasteiger partial charge in [-0.1, -0.05) is 23.2 Å². The molecule has 0 atom stereocenters. The number of sulfonamides is 1. The molecule has 0 saturated heterocycles. The van der Waals surface area contributed by atoms with Crippen LogP contribution in [-0.2, 0) is 21.2 Å². The number of carbonyl (C=O) groups excluding carboxylic acids is 1. The van der Waals surface area contributed by atoms with E-state index in [4.69, 9.17) is 23.2 Å². The van der Waals surface area contributed by atoms with Crippen LogP contribution in [0.15, 0.2) is 41.3 Å². The highest BCUT2D eigenvalue weighted by Gasteiger charge is 2.23. The Hall–Kier alpha value is -1.76. The summed E-state index contributed by atoms with van der Waals surface area (Å²) in [4.78, 5) is 13.4. The molecule has 1 aliphatic rings. The van der Waals surface area contributed by atoms with Gasteiger partial charge in [0.2, 0.25) is 5.91 Å². The van der Waals surface area contributed by atoms with Gasteiger partial charge in [0.1, 0.15) is 0 Å². The van der Waals surface area contributed by atoms with Crippen LogP contribution < -0.4 is 9.62 Å². The fraction of sp³-hybridized carbons (Fsp3) is 0.188. The molecule has 126 valence electrons. The minimum absolute atomic E-state index is 0.0183. The third-order valence-corrected chi connectivity index (χ3v) is 5.64. The summed E-state index contributed by atoms with van der Waals surface area (Å²) >= 11 is 11.8. The Morgan fingerprint density at radius 2 is 1.71 bits per heavy atom. The standard InChI is InChI=1S/C16H14Cl2N2O3S/c1-20-15-4-3-14(6-10(15)2-5-16(20)21)24(22,23)19-13-8-11(17)7-12(18)9-13/h3-4,6-9,19H,2,5H2,1H3. The van der Waals surface area contributed by atoms with Crippen molar-refractivity contribution in [1.29, 1.82) is 0 Å². The molecule has 2 aromatic carbocycles. The number of hydrogen-bond donors (Lipinski definition) is 1. The van der Waals surface area contributed by atoms with Gasteiger partial charge in [0, 0.05) is 29.2 Å². The van der Waals surface area contributed by atoms with Crippen LogP contribution in [-0.4, -0.2) is 21.4 Å². The van der Waals surface area contributed by atoms with Gasteiger partial charge in [0.25, 0.3) is 10.0 Å². The number of rotatable bonds is 3. The first-order chi connectivity index (χ1) is 11.3. The van der Waals surface area contributed by atoms with Gasteiger partial charge in [-0.05, 0) is 48.4 Å². The third-order valence-electron chi connectivity index (χ3n) is 3.82. The summed E-state index contributed by atoms with van der Waals surface area (Å²) in [6, 6.07) is 9.19. The lowest BCUT2D eigenvalue weighted by Gasteiger charge is -2.26. The van der Waals surface area contributed by atoms with E-state index in [1.54, 1.807) is 24.1 Å². The van der Waals surface area contributed by atoms with Crippen LogP contribution in [0.4, 0.5) is 11.4 Å². The number of nitrogens with one attached hydrogen (secondary N) is 1. The number of benzene rings is 2. The zero-order valence-corrected chi connectivity index (χ0v) is 15.0. The SMILES string of the molecule is CN1C(=O)CCc2cc(S(=O)(=O)Nc3cc(Cl)cc(Cl)c3)ccc21. The largest absolute Gasteiger partial charge is 0.315 e. The number of amides is 1. The highest BCUT2D eigenvalue weighted by Crippen LogP contribution is 2.30. The van der Waals surface area contributed by atoms with Gasteiger partial charge < -0.3 is 4.90 Å². The molecule has 5 nitrogen and oxygen atoms in total. The van der Waals surface area contributed by atoms with Gasteiger partial charge in [-0.15, -0.1) is 0 Å². The molecular weight excluding hydrogens is 371 g/mol. The van der Waals surface area contributed by atoms with Gasteiger partial charge in [-0.25, -0.2) is 8.42 Å². The highest BCUT2D eigenvalue weighted by atomic mass is 35.5. The smallest absolute Gasteiger partial charge is 0.261 e. The van der Waals surface area contributed by atoms with E-state index in [0.717, 1.165) is 11.3 Å². The number of fused-ring (bicyclic) bond motifs is 1. The molecule has 3 rings (SSSR count). The van der Waals surface area contributed by atoms with Crippen molar-refractivity contribution >= 4 is 50.5 Å². The first-order valence-electron chi connectivity index (χ1n) is 7.15. The van der Waals surface area contributed by atoms with Crippen molar-refractivity contribution in [3.63, 3.8) is 0 Å². The van der Waals surface area contributed by atoms with Crippen LogP contribution in [0, 0.1) is 0 Å². The monoisotopic (exact) mass is 384 g/mol. The second-order valence-corrected chi connectivity index (χ2v) is 8.06. The molecule has 2 aromatic rings. The molecule has 0 fully saturated rings. The highest BCUT2D eigenvalue weighted by molar-refractivity contribution is 7.92. The molecule has 8 heteroatoms. The van der Waals surface area contributed by atoms with Crippen molar-refractivity contribution < 1.29 is 13.2 Å². The van der Waals surface area contributed by atoms with Crippen LogP contribution >= 0.6 is 23.2 Å². The summed E-state index contributed by atoms with van der Waals surface area (Å²) in [5.74, 6) is 0.0183. The second kappa shape index (κ2) is 6.27. The van der Waals surface area contributed by atoms with Crippen molar-refractivity contribution in [2.75, 3.05) is 16.7 Å². The number of halogens is 2. The second-order valence-electron chi connectivity index (χ2n) is 5.51. The normalized spacial score (nSPS) is 14.5. The average molecular weight is 385 g/mol. The molecule has 0 unspecified atom stereocenters. The lowest BCUT2D eigenvalue weighted by Crippen LogP contribution is -2.31. The van der Waals surface area contributed by atoms with Crippen molar-refractivity contribution in [2.45, 2.75) is 17.7 Å². The van der Waals surface area contributed by atoms with Crippen molar-refractivity contribution in [3.8, 4) is 0 Å². The summed E-state index contributed by atoms with van der Waals surface area (Å²) in [5, 5.41) is 0.677. The molecule has 0 radical (unpaired) electrons. The fourth-order valence-electron chi connectivity index (χ4n) is 2.63. The number of carbonyl (C=O) groups is 1. The summed E-state index contributed by atoms with van der Waals surface area (Å²) in [6.45, 7) is 0. The average Bonchev–Trinajstić information content (AvgIpc) is 2.49. The molecular formula is C16H14Cl2N2O3S. The summed E-state index contributed by atoms with van der Waals surface area (Å²) < 4.78 is 27.6. The molecule has 1 N–H and O–H groups in total. The summed E-state index contributed by atoms with van der Waals surface area (Å²) in [7, 11) is -2.10. The molecule has 24 heavy (non-hydrogen) atoms. The van der Waals surface area contributed by atoms with E-state index < -0.39 is 10.0 Å². The maximum atomic E-state index is 12.6. The number of anilines is 2. The quantitative estimate of drug-likeness (QED) is 0.876. The number of hydrogen-bond acceptors (Lipinski definition) is 3. The molecule has 1 aliphatic heterocycles. The Morgan fingerprint density at radius 1 is 1.04 bits per heavy atom. The van der Waals surface area contributed by atoms with Crippen LogP contribution in [0.25, 0.3) is 0 Å². The van der Waals surface area contributed by atoms with E-state index in [9.17, 15) is 13.2 Å². The number of aryl methyl sites for hydroxylation is 1. The van der Waals surface area contributed by atoms with Gasteiger partial charge in [-0.2, -0.15) is 0 Å². The van der Waals surface area contributed by atoms with Crippen LogP contribution in [0.2, 0.25) is 10.0 Å². The fourth-order valence-corrected chi connectivity index (χ4v) is 4.24. The van der Waals surface area contributed by atoms with Crippen molar-refractivity contribution in [2.24, 2.45) is 0 Å².